The van der Waals surface area contributed by atoms with Gasteiger partial charge < -0.3 is 4.74 Å². The quantitative estimate of drug-likeness (QED) is 0.716. The van der Waals surface area contributed by atoms with Gasteiger partial charge in [0, 0.05) is 6.07 Å². The van der Waals surface area contributed by atoms with Crippen molar-refractivity contribution in [3.8, 4) is 5.88 Å². The average molecular weight is 212 g/mol. The Morgan fingerprint density at radius 3 is 2.86 bits per heavy atom. The van der Waals surface area contributed by atoms with Crippen molar-refractivity contribution in [2.75, 3.05) is 6.61 Å². The first-order valence-corrected chi connectivity index (χ1v) is 5.48. The van der Waals surface area contributed by atoms with Crippen molar-refractivity contribution in [3.05, 3.63) is 23.4 Å². The lowest BCUT2D eigenvalue weighted by molar-refractivity contribution is 0.243. The summed E-state index contributed by atoms with van der Waals surface area (Å²) in [5.74, 6) is 1.36. The molecule has 3 heteroatoms. The highest BCUT2D eigenvalue weighted by Crippen LogP contribution is 2.25. The van der Waals surface area contributed by atoms with Crippen LogP contribution in [0.25, 0.3) is 0 Å². The zero-order chi connectivity index (χ0) is 9.80. The first-order chi connectivity index (χ1) is 6.84. The molecule has 0 radical (unpaired) electrons. The second kappa shape index (κ2) is 4.65. The van der Waals surface area contributed by atoms with Crippen molar-refractivity contribution in [1.82, 2.24) is 4.98 Å². The molecule has 0 amide bonds. The summed E-state index contributed by atoms with van der Waals surface area (Å²) in [5, 5.41) is 0.494. The Balaban J connectivity index is 1.85. The van der Waals surface area contributed by atoms with Gasteiger partial charge in [-0.05, 0) is 24.8 Å². The molecular formula is C11H14ClNO. The molecule has 14 heavy (non-hydrogen) atoms. The van der Waals surface area contributed by atoms with Crippen molar-refractivity contribution >= 4 is 11.6 Å². The summed E-state index contributed by atoms with van der Waals surface area (Å²) in [5.41, 5.74) is 0. The molecule has 1 aliphatic carbocycles. The lowest BCUT2D eigenvalue weighted by Crippen LogP contribution is -2.08. The summed E-state index contributed by atoms with van der Waals surface area (Å²) < 4.78 is 5.58. The second-order valence-electron chi connectivity index (χ2n) is 3.76. The lowest BCUT2D eigenvalue weighted by Gasteiger charge is -2.10. The Kier molecular flexibility index (Phi) is 3.25. The fraction of sp³-hybridized carbons (Fsp3) is 0.545. The Morgan fingerprint density at radius 2 is 2.14 bits per heavy atom. The second-order valence-corrected chi connectivity index (χ2v) is 4.15. The van der Waals surface area contributed by atoms with E-state index in [9.17, 15) is 0 Å². The first kappa shape index (κ1) is 9.78. The maximum absolute atomic E-state index is 5.75. The van der Waals surface area contributed by atoms with Gasteiger partial charge in [0.05, 0.1) is 6.61 Å². The van der Waals surface area contributed by atoms with Crippen LogP contribution in [0.2, 0.25) is 5.15 Å². The standard InChI is InChI=1S/C11H14ClNO/c12-10-6-3-7-11(13-10)14-8-9-4-1-2-5-9/h3,6-7,9H,1-2,4-5,8H2. The fourth-order valence-electron chi connectivity index (χ4n) is 1.85. The molecule has 1 fully saturated rings. The Labute approximate surface area is 89.3 Å². The van der Waals surface area contributed by atoms with Crippen LogP contribution in [0.4, 0.5) is 0 Å². The molecule has 0 unspecified atom stereocenters. The SMILES string of the molecule is Clc1cccc(OCC2CCCC2)n1. The Bertz CT molecular complexity index is 297. The lowest BCUT2D eigenvalue weighted by atomic mass is 10.1. The van der Waals surface area contributed by atoms with Crippen LogP contribution in [-0.2, 0) is 0 Å². The molecule has 0 N–H and O–H groups in total. The number of rotatable bonds is 3. The summed E-state index contributed by atoms with van der Waals surface area (Å²) in [4.78, 5) is 4.08. The zero-order valence-electron chi connectivity index (χ0n) is 8.08. The third-order valence-corrected chi connectivity index (χ3v) is 2.84. The van der Waals surface area contributed by atoms with E-state index < -0.39 is 0 Å². The van der Waals surface area contributed by atoms with E-state index in [0.717, 1.165) is 12.5 Å². The van der Waals surface area contributed by atoms with E-state index in [-0.39, 0.29) is 0 Å². The Hall–Kier alpha value is -0.760. The maximum Gasteiger partial charge on any atom is 0.214 e. The molecule has 0 atom stereocenters. The van der Waals surface area contributed by atoms with E-state index in [1.54, 1.807) is 6.07 Å². The van der Waals surface area contributed by atoms with Crippen molar-refractivity contribution in [3.63, 3.8) is 0 Å². The van der Waals surface area contributed by atoms with Crippen LogP contribution in [0.15, 0.2) is 18.2 Å². The molecule has 1 aromatic heterocycles. The molecule has 1 aliphatic rings. The summed E-state index contributed by atoms with van der Waals surface area (Å²) in [6, 6.07) is 5.46. The number of aromatic nitrogens is 1. The van der Waals surface area contributed by atoms with Gasteiger partial charge in [0.25, 0.3) is 0 Å². The zero-order valence-corrected chi connectivity index (χ0v) is 8.83. The van der Waals surface area contributed by atoms with E-state index in [2.05, 4.69) is 4.98 Å². The largest absolute Gasteiger partial charge is 0.477 e. The van der Waals surface area contributed by atoms with Gasteiger partial charge in [0.1, 0.15) is 5.15 Å². The number of nitrogens with zero attached hydrogens (tertiary/aromatic N) is 1. The van der Waals surface area contributed by atoms with Gasteiger partial charge in [-0.3, -0.25) is 0 Å². The van der Waals surface area contributed by atoms with Gasteiger partial charge in [0.2, 0.25) is 5.88 Å². The maximum atomic E-state index is 5.75. The number of pyridine rings is 1. The minimum atomic E-state index is 0.494. The van der Waals surface area contributed by atoms with Gasteiger partial charge in [0.15, 0.2) is 0 Å². The highest BCUT2D eigenvalue weighted by atomic mass is 35.5. The predicted molar refractivity (Wildman–Crippen MR) is 56.7 cm³/mol. The minimum absolute atomic E-state index is 0.494. The highest BCUT2D eigenvalue weighted by molar-refractivity contribution is 6.29. The number of hydrogen-bond donors (Lipinski definition) is 0. The molecule has 1 saturated carbocycles. The smallest absolute Gasteiger partial charge is 0.214 e. The predicted octanol–water partition coefficient (Wildman–Crippen LogP) is 3.30. The first-order valence-electron chi connectivity index (χ1n) is 5.10. The third-order valence-electron chi connectivity index (χ3n) is 2.63. The normalized spacial score (nSPS) is 17.2. The number of hydrogen-bond acceptors (Lipinski definition) is 2. The number of ether oxygens (including phenoxy) is 1. The summed E-state index contributed by atoms with van der Waals surface area (Å²) in [6.07, 6.45) is 5.27. The van der Waals surface area contributed by atoms with Gasteiger partial charge in [-0.2, -0.15) is 0 Å². The molecule has 0 saturated heterocycles. The van der Waals surface area contributed by atoms with Gasteiger partial charge >= 0.3 is 0 Å². The summed E-state index contributed by atoms with van der Waals surface area (Å²) in [6.45, 7) is 0.785. The van der Waals surface area contributed by atoms with E-state index >= 15 is 0 Å². The third kappa shape index (κ3) is 2.61. The van der Waals surface area contributed by atoms with Crippen LogP contribution >= 0.6 is 11.6 Å². The van der Waals surface area contributed by atoms with Crippen molar-refractivity contribution in [2.45, 2.75) is 25.7 Å². The molecular weight excluding hydrogens is 198 g/mol. The van der Waals surface area contributed by atoms with E-state index in [4.69, 9.17) is 16.3 Å². The molecule has 1 heterocycles. The van der Waals surface area contributed by atoms with Gasteiger partial charge in [-0.1, -0.05) is 30.5 Å². The molecule has 1 aromatic rings. The number of halogens is 1. The van der Waals surface area contributed by atoms with Gasteiger partial charge in [-0.15, -0.1) is 0 Å². The monoisotopic (exact) mass is 211 g/mol. The molecule has 0 bridgehead atoms. The van der Waals surface area contributed by atoms with Crippen LogP contribution < -0.4 is 4.74 Å². The van der Waals surface area contributed by atoms with Crippen molar-refractivity contribution < 1.29 is 4.74 Å². The minimum Gasteiger partial charge on any atom is -0.477 e. The average Bonchev–Trinajstić information content (AvgIpc) is 2.67. The molecule has 0 aromatic carbocycles. The van der Waals surface area contributed by atoms with Crippen molar-refractivity contribution in [1.29, 1.82) is 0 Å². The molecule has 2 rings (SSSR count). The molecule has 76 valence electrons. The van der Waals surface area contributed by atoms with Gasteiger partial charge in [-0.25, -0.2) is 4.98 Å². The summed E-state index contributed by atoms with van der Waals surface area (Å²) in [7, 11) is 0. The van der Waals surface area contributed by atoms with E-state index in [1.165, 1.54) is 25.7 Å². The molecule has 2 nitrogen and oxygen atoms in total. The fourth-order valence-corrected chi connectivity index (χ4v) is 2.01. The van der Waals surface area contributed by atoms with Crippen LogP contribution in [0, 0.1) is 5.92 Å². The summed E-state index contributed by atoms with van der Waals surface area (Å²) >= 11 is 5.75. The topological polar surface area (TPSA) is 22.1 Å². The molecule has 0 aliphatic heterocycles. The van der Waals surface area contributed by atoms with E-state index in [1.807, 2.05) is 12.1 Å². The van der Waals surface area contributed by atoms with Crippen LogP contribution in [0.1, 0.15) is 25.7 Å². The Morgan fingerprint density at radius 1 is 1.36 bits per heavy atom. The highest BCUT2D eigenvalue weighted by Gasteiger charge is 2.15. The van der Waals surface area contributed by atoms with Crippen LogP contribution in [-0.4, -0.2) is 11.6 Å². The van der Waals surface area contributed by atoms with Crippen LogP contribution in [0.5, 0.6) is 5.88 Å². The van der Waals surface area contributed by atoms with Crippen molar-refractivity contribution in [2.24, 2.45) is 5.92 Å². The van der Waals surface area contributed by atoms with E-state index in [0.29, 0.717) is 11.0 Å². The molecule has 0 spiro atoms. The van der Waals surface area contributed by atoms with Crippen LogP contribution in [0.3, 0.4) is 0 Å².